The second-order valence-corrected chi connectivity index (χ2v) is 5.11. The highest BCUT2D eigenvalue weighted by Crippen LogP contribution is 2.21. The lowest BCUT2D eigenvalue weighted by Crippen LogP contribution is -2.17. The molecule has 0 bridgehead atoms. The number of thioether (sulfide) groups is 1. The van der Waals surface area contributed by atoms with Crippen molar-refractivity contribution in [2.45, 2.75) is 24.7 Å². The molecule has 19 heavy (non-hydrogen) atoms. The minimum absolute atomic E-state index is 0.596. The van der Waals surface area contributed by atoms with E-state index in [-0.39, 0.29) is 0 Å². The monoisotopic (exact) mass is 277 g/mol. The fraction of sp³-hybridized carbons (Fsp3) is 0.429. The van der Waals surface area contributed by atoms with Gasteiger partial charge in [-0.15, -0.1) is 22.0 Å². The highest BCUT2D eigenvalue weighted by molar-refractivity contribution is 7.98. The Morgan fingerprint density at radius 3 is 2.63 bits per heavy atom. The maximum absolute atomic E-state index is 5.65. The van der Waals surface area contributed by atoms with Crippen LogP contribution >= 0.6 is 11.8 Å². The summed E-state index contributed by atoms with van der Waals surface area (Å²) in [6.07, 6.45) is 3.97. The van der Waals surface area contributed by atoms with Gasteiger partial charge in [-0.3, -0.25) is 0 Å². The fourth-order valence-electron chi connectivity index (χ4n) is 1.70. The van der Waals surface area contributed by atoms with Crippen LogP contribution < -0.4 is 5.32 Å². The number of hydrogen-bond acceptors (Lipinski definition) is 5. The third-order valence-corrected chi connectivity index (χ3v) is 3.49. The molecule has 0 radical (unpaired) electrons. The standard InChI is InChI=1S/C14H19N3OS/c1-3-9-15-10-8-13-16-17-14(18-13)11-4-6-12(19-2)7-5-11/h4-7,15H,3,8-10H2,1-2H3. The molecule has 5 heteroatoms. The van der Waals surface area contributed by atoms with Gasteiger partial charge in [0.2, 0.25) is 11.8 Å². The van der Waals surface area contributed by atoms with E-state index < -0.39 is 0 Å². The predicted molar refractivity (Wildman–Crippen MR) is 78.4 cm³/mol. The van der Waals surface area contributed by atoms with E-state index in [0.29, 0.717) is 11.8 Å². The van der Waals surface area contributed by atoms with E-state index in [0.717, 1.165) is 31.5 Å². The first-order valence-corrected chi connectivity index (χ1v) is 7.73. The molecule has 1 N–H and O–H groups in total. The van der Waals surface area contributed by atoms with E-state index in [1.165, 1.54) is 4.90 Å². The molecule has 0 spiro atoms. The molecule has 0 atom stereocenters. The Balaban J connectivity index is 1.95. The van der Waals surface area contributed by atoms with Gasteiger partial charge < -0.3 is 9.73 Å². The summed E-state index contributed by atoms with van der Waals surface area (Å²) in [7, 11) is 0. The molecule has 2 aromatic rings. The van der Waals surface area contributed by atoms with Gasteiger partial charge in [0.15, 0.2) is 0 Å². The van der Waals surface area contributed by atoms with Crippen molar-refractivity contribution >= 4 is 11.8 Å². The molecule has 4 nitrogen and oxygen atoms in total. The van der Waals surface area contributed by atoms with Gasteiger partial charge in [0.25, 0.3) is 0 Å². The Kier molecular flexibility index (Phi) is 5.42. The zero-order valence-corrected chi connectivity index (χ0v) is 12.2. The Morgan fingerprint density at radius 2 is 1.95 bits per heavy atom. The lowest BCUT2D eigenvalue weighted by molar-refractivity contribution is 0.494. The average Bonchev–Trinajstić information content (AvgIpc) is 2.92. The van der Waals surface area contributed by atoms with Crippen molar-refractivity contribution in [1.29, 1.82) is 0 Å². The molecule has 1 aromatic heterocycles. The van der Waals surface area contributed by atoms with Crippen LogP contribution in [0.2, 0.25) is 0 Å². The van der Waals surface area contributed by atoms with Gasteiger partial charge in [0.05, 0.1) is 0 Å². The highest BCUT2D eigenvalue weighted by Gasteiger charge is 2.08. The van der Waals surface area contributed by atoms with Gasteiger partial charge >= 0.3 is 0 Å². The van der Waals surface area contributed by atoms with Crippen LogP contribution in [0.1, 0.15) is 19.2 Å². The molecule has 2 rings (SSSR count). The number of aromatic nitrogens is 2. The zero-order valence-electron chi connectivity index (χ0n) is 11.3. The van der Waals surface area contributed by atoms with Crippen molar-refractivity contribution in [3.63, 3.8) is 0 Å². The molecule has 0 fully saturated rings. The van der Waals surface area contributed by atoms with Crippen molar-refractivity contribution in [3.05, 3.63) is 30.2 Å². The summed E-state index contributed by atoms with van der Waals surface area (Å²) in [5.74, 6) is 1.28. The summed E-state index contributed by atoms with van der Waals surface area (Å²) in [5, 5.41) is 11.5. The van der Waals surface area contributed by atoms with E-state index in [4.69, 9.17) is 4.42 Å². The van der Waals surface area contributed by atoms with Gasteiger partial charge in [-0.1, -0.05) is 6.92 Å². The van der Waals surface area contributed by atoms with Crippen LogP contribution in [0.15, 0.2) is 33.6 Å². The van der Waals surface area contributed by atoms with Crippen LogP contribution in [0.4, 0.5) is 0 Å². The lowest BCUT2D eigenvalue weighted by Gasteiger charge is -1.99. The maximum atomic E-state index is 5.65. The van der Waals surface area contributed by atoms with Crippen molar-refractivity contribution in [2.75, 3.05) is 19.3 Å². The number of rotatable bonds is 7. The molecule has 102 valence electrons. The summed E-state index contributed by atoms with van der Waals surface area (Å²) in [6, 6.07) is 8.15. The summed E-state index contributed by atoms with van der Waals surface area (Å²) in [6.45, 7) is 4.05. The van der Waals surface area contributed by atoms with Crippen LogP contribution in [0.3, 0.4) is 0 Å². The summed E-state index contributed by atoms with van der Waals surface area (Å²) >= 11 is 1.72. The molecule has 1 heterocycles. The second-order valence-electron chi connectivity index (χ2n) is 4.23. The Labute approximate surface area is 118 Å². The largest absolute Gasteiger partial charge is 0.421 e. The third kappa shape index (κ3) is 4.08. The minimum Gasteiger partial charge on any atom is -0.421 e. The Bertz CT molecular complexity index is 496. The molecule has 0 saturated heterocycles. The molecule has 0 aliphatic heterocycles. The van der Waals surface area contributed by atoms with Crippen molar-refractivity contribution in [3.8, 4) is 11.5 Å². The van der Waals surface area contributed by atoms with E-state index in [1.54, 1.807) is 11.8 Å². The van der Waals surface area contributed by atoms with Gasteiger partial charge in [-0.25, -0.2) is 0 Å². The van der Waals surface area contributed by atoms with Gasteiger partial charge in [0.1, 0.15) is 0 Å². The maximum Gasteiger partial charge on any atom is 0.247 e. The molecule has 0 amide bonds. The molecule has 0 aliphatic rings. The molecule has 0 saturated carbocycles. The van der Waals surface area contributed by atoms with Crippen LogP contribution in [0.25, 0.3) is 11.5 Å². The van der Waals surface area contributed by atoms with E-state index in [9.17, 15) is 0 Å². The normalized spacial score (nSPS) is 10.8. The first-order valence-electron chi connectivity index (χ1n) is 6.51. The Morgan fingerprint density at radius 1 is 1.16 bits per heavy atom. The quantitative estimate of drug-likeness (QED) is 0.623. The predicted octanol–water partition coefficient (Wildman–Crippen LogP) is 3.00. The second kappa shape index (κ2) is 7.31. The number of nitrogens with one attached hydrogen (secondary N) is 1. The highest BCUT2D eigenvalue weighted by atomic mass is 32.2. The van der Waals surface area contributed by atoms with E-state index in [1.807, 2.05) is 12.1 Å². The summed E-state index contributed by atoms with van der Waals surface area (Å²) in [4.78, 5) is 1.23. The van der Waals surface area contributed by atoms with E-state index in [2.05, 4.69) is 40.8 Å². The van der Waals surface area contributed by atoms with Gasteiger partial charge in [-0.05, 0) is 43.5 Å². The van der Waals surface area contributed by atoms with E-state index >= 15 is 0 Å². The van der Waals surface area contributed by atoms with Gasteiger partial charge in [-0.2, -0.15) is 0 Å². The van der Waals surface area contributed by atoms with Crippen LogP contribution in [-0.2, 0) is 6.42 Å². The molecule has 0 unspecified atom stereocenters. The van der Waals surface area contributed by atoms with Crippen LogP contribution in [0, 0.1) is 0 Å². The summed E-state index contributed by atoms with van der Waals surface area (Å²) in [5.41, 5.74) is 0.970. The lowest BCUT2D eigenvalue weighted by atomic mass is 10.2. The van der Waals surface area contributed by atoms with Crippen LogP contribution in [0.5, 0.6) is 0 Å². The SMILES string of the molecule is CCCNCCc1nnc(-c2ccc(SC)cc2)o1. The van der Waals surface area contributed by atoms with Crippen molar-refractivity contribution in [2.24, 2.45) is 0 Å². The van der Waals surface area contributed by atoms with Gasteiger partial charge in [0, 0.05) is 23.4 Å². The molecular formula is C14H19N3OS. The van der Waals surface area contributed by atoms with Crippen molar-refractivity contribution in [1.82, 2.24) is 15.5 Å². The fourth-order valence-corrected chi connectivity index (χ4v) is 2.11. The molecular weight excluding hydrogens is 258 g/mol. The van der Waals surface area contributed by atoms with Crippen LogP contribution in [-0.4, -0.2) is 29.5 Å². The molecule has 0 aliphatic carbocycles. The minimum atomic E-state index is 0.596. The smallest absolute Gasteiger partial charge is 0.247 e. The topological polar surface area (TPSA) is 51.0 Å². The average molecular weight is 277 g/mol. The third-order valence-electron chi connectivity index (χ3n) is 2.75. The van der Waals surface area contributed by atoms with Crippen molar-refractivity contribution < 1.29 is 4.42 Å². The zero-order chi connectivity index (χ0) is 13.5. The Hall–Kier alpha value is -1.33. The summed E-state index contributed by atoms with van der Waals surface area (Å²) < 4.78 is 5.65. The first kappa shape index (κ1) is 14.1. The first-order chi connectivity index (χ1) is 9.33. The molecule has 1 aromatic carbocycles. The number of hydrogen-bond donors (Lipinski definition) is 1. The number of benzene rings is 1. The number of nitrogens with zero attached hydrogens (tertiary/aromatic N) is 2.